The highest BCUT2D eigenvalue weighted by molar-refractivity contribution is 14.0. The molecule has 8 heteroatoms. The zero-order chi connectivity index (χ0) is 18.9. The normalized spacial score (nSPS) is 10.9. The molecular formula is C19H24F2IN3O2. The first-order chi connectivity index (χ1) is 12.5. The molecule has 0 aromatic heterocycles. The predicted octanol–water partition coefficient (Wildman–Crippen LogP) is 3.29. The lowest BCUT2D eigenvalue weighted by Gasteiger charge is -2.10. The number of benzene rings is 2. The van der Waals surface area contributed by atoms with Crippen molar-refractivity contribution in [3.05, 3.63) is 59.2 Å². The zero-order valence-corrected chi connectivity index (χ0v) is 17.6. The number of nitrogens with one attached hydrogen (secondary N) is 1. The predicted molar refractivity (Wildman–Crippen MR) is 113 cm³/mol. The second-order valence-corrected chi connectivity index (χ2v) is 5.58. The topological polar surface area (TPSA) is 68.9 Å². The summed E-state index contributed by atoms with van der Waals surface area (Å²) in [6.45, 7) is 0.770. The van der Waals surface area contributed by atoms with Gasteiger partial charge in [0.2, 0.25) is 0 Å². The zero-order valence-electron chi connectivity index (χ0n) is 15.3. The Labute approximate surface area is 175 Å². The second-order valence-electron chi connectivity index (χ2n) is 5.58. The van der Waals surface area contributed by atoms with Crippen LogP contribution in [0.25, 0.3) is 0 Å². The number of guanidine groups is 1. The fourth-order valence-corrected chi connectivity index (χ4v) is 2.49. The van der Waals surface area contributed by atoms with Crippen molar-refractivity contribution in [2.24, 2.45) is 10.7 Å². The van der Waals surface area contributed by atoms with Crippen molar-refractivity contribution in [3.63, 3.8) is 0 Å². The summed E-state index contributed by atoms with van der Waals surface area (Å²) in [7, 11) is 3.17. The Kier molecular flexibility index (Phi) is 9.84. The van der Waals surface area contributed by atoms with E-state index in [-0.39, 0.29) is 48.5 Å². The summed E-state index contributed by atoms with van der Waals surface area (Å²) in [6.07, 6.45) is 0.856. The summed E-state index contributed by atoms with van der Waals surface area (Å²) in [5.74, 6) is 0.437. The lowest BCUT2D eigenvalue weighted by molar-refractivity contribution is 0.354. The Morgan fingerprint density at radius 3 is 2.33 bits per heavy atom. The molecule has 0 atom stereocenters. The van der Waals surface area contributed by atoms with Gasteiger partial charge in [0, 0.05) is 18.7 Å². The maximum Gasteiger partial charge on any atom is 0.188 e. The van der Waals surface area contributed by atoms with Gasteiger partial charge in [-0.3, -0.25) is 4.99 Å². The molecule has 0 aliphatic rings. The number of aliphatic imine (C=N–C) groups is 1. The number of halogens is 3. The number of rotatable bonds is 8. The molecule has 0 aliphatic heterocycles. The van der Waals surface area contributed by atoms with Gasteiger partial charge in [0.25, 0.3) is 0 Å². The lowest BCUT2D eigenvalue weighted by Crippen LogP contribution is -2.33. The van der Waals surface area contributed by atoms with Crippen LogP contribution in [0.2, 0.25) is 0 Å². The van der Waals surface area contributed by atoms with Crippen molar-refractivity contribution in [3.8, 4) is 11.5 Å². The van der Waals surface area contributed by atoms with E-state index in [2.05, 4.69) is 10.3 Å². The molecule has 0 fully saturated rings. The van der Waals surface area contributed by atoms with Crippen LogP contribution in [0.4, 0.5) is 8.78 Å². The summed E-state index contributed by atoms with van der Waals surface area (Å²) in [4.78, 5) is 4.10. The van der Waals surface area contributed by atoms with Crippen molar-refractivity contribution in [2.45, 2.75) is 12.8 Å². The lowest BCUT2D eigenvalue weighted by atomic mass is 10.1. The molecule has 0 saturated carbocycles. The number of nitrogens with two attached hydrogens (primary N) is 1. The van der Waals surface area contributed by atoms with E-state index in [9.17, 15) is 8.78 Å². The fraction of sp³-hybridized carbons (Fsp3) is 0.316. The third-order valence-electron chi connectivity index (χ3n) is 3.87. The van der Waals surface area contributed by atoms with E-state index in [4.69, 9.17) is 15.2 Å². The Bertz CT molecular complexity index is 752. The Hall–Kier alpha value is -2.10. The second kappa shape index (κ2) is 11.6. The highest BCUT2D eigenvalue weighted by Gasteiger charge is 2.07. The number of hydrogen-bond donors (Lipinski definition) is 2. The molecule has 0 bridgehead atoms. The van der Waals surface area contributed by atoms with E-state index in [1.54, 1.807) is 14.2 Å². The Morgan fingerprint density at radius 2 is 1.70 bits per heavy atom. The van der Waals surface area contributed by atoms with Gasteiger partial charge >= 0.3 is 0 Å². The van der Waals surface area contributed by atoms with E-state index in [1.165, 1.54) is 18.2 Å². The number of nitrogens with zero attached hydrogens (tertiary/aromatic N) is 1. The minimum Gasteiger partial charge on any atom is -0.493 e. The van der Waals surface area contributed by atoms with Gasteiger partial charge in [-0.25, -0.2) is 8.78 Å². The van der Waals surface area contributed by atoms with Crippen molar-refractivity contribution in [1.29, 1.82) is 0 Å². The van der Waals surface area contributed by atoms with Gasteiger partial charge in [-0.2, -0.15) is 0 Å². The smallest absolute Gasteiger partial charge is 0.188 e. The quantitative estimate of drug-likeness (QED) is 0.338. The van der Waals surface area contributed by atoms with E-state index in [1.807, 2.05) is 18.2 Å². The number of methoxy groups -OCH3 is 2. The highest BCUT2D eigenvalue weighted by atomic mass is 127. The molecule has 5 nitrogen and oxygen atoms in total. The molecule has 0 spiro atoms. The van der Waals surface area contributed by atoms with Gasteiger partial charge in [-0.05, 0) is 42.7 Å². The minimum absolute atomic E-state index is 0. The van der Waals surface area contributed by atoms with Crippen LogP contribution in [0.3, 0.4) is 0 Å². The molecule has 0 saturated heterocycles. The van der Waals surface area contributed by atoms with Crippen LogP contribution in [0, 0.1) is 11.6 Å². The van der Waals surface area contributed by atoms with Gasteiger partial charge in [0.15, 0.2) is 17.5 Å². The summed E-state index contributed by atoms with van der Waals surface area (Å²) < 4.78 is 37.5. The SMILES string of the molecule is COc1ccc(CCNC(N)=NCCc2c(F)cccc2F)cc1OC.I. The molecule has 0 radical (unpaired) electrons. The molecule has 2 rings (SSSR count). The average molecular weight is 491 g/mol. The van der Waals surface area contributed by atoms with Crippen LogP contribution < -0.4 is 20.5 Å². The summed E-state index contributed by atoms with van der Waals surface area (Å²) in [5.41, 5.74) is 6.86. The van der Waals surface area contributed by atoms with Gasteiger partial charge in [-0.1, -0.05) is 12.1 Å². The van der Waals surface area contributed by atoms with Crippen LogP contribution in [0.1, 0.15) is 11.1 Å². The third kappa shape index (κ3) is 6.85. The van der Waals surface area contributed by atoms with Crippen molar-refractivity contribution in [1.82, 2.24) is 5.32 Å². The maximum atomic E-state index is 13.5. The largest absolute Gasteiger partial charge is 0.493 e. The molecule has 2 aromatic rings. The molecule has 27 heavy (non-hydrogen) atoms. The number of ether oxygens (including phenoxy) is 2. The van der Waals surface area contributed by atoms with E-state index >= 15 is 0 Å². The summed E-state index contributed by atoms with van der Waals surface area (Å²) in [6, 6.07) is 9.47. The fourth-order valence-electron chi connectivity index (χ4n) is 2.49. The molecule has 3 N–H and O–H groups in total. The van der Waals surface area contributed by atoms with Gasteiger partial charge < -0.3 is 20.5 Å². The third-order valence-corrected chi connectivity index (χ3v) is 3.87. The summed E-state index contributed by atoms with van der Waals surface area (Å²) >= 11 is 0. The van der Waals surface area contributed by atoms with E-state index in [0.717, 1.165) is 5.56 Å². The van der Waals surface area contributed by atoms with Gasteiger partial charge in [-0.15, -0.1) is 24.0 Å². The molecule has 0 amide bonds. The number of hydrogen-bond acceptors (Lipinski definition) is 3. The van der Waals surface area contributed by atoms with Gasteiger partial charge in [0.05, 0.1) is 14.2 Å². The Morgan fingerprint density at radius 1 is 1.04 bits per heavy atom. The Balaban J connectivity index is 0.00000364. The summed E-state index contributed by atoms with van der Waals surface area (Å²) in [5, 5.41) is 2.98. The molecule has 0 heterocycles. The van der Waals surface area contributed by atoms with Crippen molar-refractivity contribution >= 4 is 29.9 Å². The molecule has 148 valence electrons. The molecule has 0 aliphatic carbocycles. The maximum absolute atomic E-state index is 13.5. The van der Waals surface area contributed by atoms with Crippen LogP contribution in [0.5, 0.6) is 11.5 Å². The standard InChI is InChI=1S/C19H23F2N3O2.HI/c1-25-17-7-6-13(12-18(17)26-2)8-10-23-19(22)24-11-9-14-15(20)4-3-5-16(14)21;/h3-7,12H,8-11H2,1-2H3,(H3,22,23,24);1H. The van der Waals surface area contributed by atoms with Gasteiger partial charge in [0.1, 0.15) is 11.6 Å². The van der Waals surface area contributed by atoms with Crippen molar-refractivity contribution in [2.75, 3.05) is 27.3 Å². The first-order valence-electron chi connectivity index (χ1n) is 8.22. The minimum atomic E-state index is -0.569. The highest BCUT2D eigenvalue weighted by Crippen LogP contribution is 2.27. The monoisotopic (exact) mass is 491 g/mol. The average Bonchev–Trinajstić information content (AvgIpc) is 2.64. The van der Waals surface area contributed by atoms with Crippen LogP contribution in [-0.2, 0) is 12.8 Å². The van der Waals surface area contributed by atoms with Crippen LogP contribution >= 0.6 is 24.0 Å². The first-order valence-corrected chi connectivity index (χ1v) is 8.22. The molecule has 2 aromatic carbocycles. The van der Waals surface area contributed by atoms with E-state index < -0.39 is 11.6 Å². The molecular weight excluding hydrogens is 467 g/mol. The molecule has 0 unspecified atom stereocenters. The van der Waals surface area contributed by atoms with Crippen LogP contribution in [-0.4, -0.2) is 33.3 Å². The van der Waals surface area contributed by atoms with E-state index in [0.29, 0.717) is 24.5 Å². The van der Waals surface area contributed by atoms with Crippen molar-refractivity contribution < 1.29 is 18.3 Å². The first kappa shape index (κ1) is 22.9. The van der Waals surface area contributed by atoms with Crippen LogP contribution in [0.15, 0.2) is 41.4 Å².